The minimum absolute atomic E-state index is 0.00312. The van der Waals surface area contributed by atoms with E-state index in [1.807, 2.05) is 48.5 Å². The molecular weight excluding hydrogens is 400 g/mol. The minimum Gasteiger partial charge on any atom is -0.467 e. The van der Waals surface area contributed by atoms with Gasteiger partial charge in [-0.3, -0.25) is 9.69 Å². The van der Waals surface area contributed by atoms with Gasteiger partial charge in [-0.05, 0) is 59.3 Å². The Morgan fingerprint density at radius 1 is 0.968 bits per heavy atom. The lowest BCUT2D eigenvalue weighted by Gasteiger charge is -2.36. The largest absolute Gasteiger partial charge is 0.467 e. The van der Waals surface area contributed by atoms with E-state index in [1.165, 1.54) is 12.0 Å². The fourth-order valence-electron chi connectivity index (χ4n) is 3.69. The van der Waals surface area contributed by atoms with Crippen LogP contribution in [0, 0.1) is 11.3 Å². The smallest absolute Gasteiger partial charge is 0.411 e. The number of hydrogen-bond donors (Lipinski definition) is 1. The molecule has 1 aliphatic heterocycles. The van der Waals surface area contributed by atoms with Crippen molar-refractivity contribution < 1.29 is 28.6 Å². The lowest BCUT2D eigenvalue weighted by molar-refractivity contribution is -0.160. The van der Waals surface area contributed by atoms with Crippen LogP contribution in [0.1, 0.15) is 75.7 Å². The average Bonchev–Trinajstić information content (AvgIpc) is 2.86. The number of amides is 1. The summed E-state index contributed by atoms with van der Waals surface area (Å²) in [5, 5.41) is 3.30. The van der Waals surface area contributed by atoms with E-state index in [2.05, 4.69) is 5.32 Å². The van der Waals surface area contributed by atoms with E-state index < -0.39 is 40.8 Å². The van der Waals surface area contributed by atoms with E-state index in [-0.39, 0.29) is 17.9 Å². The standard InChI is InChI=1S/C23H42N2O6/c1-14-12-15(18(26)29-11)25(20(28)31-23(8,9)10)16(14)13-24-17(21(2,3)4)19(27)30-22(5,6)7/h14-17,24H,12-13H2,1-11H3/t14-,15+,16-,17+/m1/s1. The third-order valence-corrected chi connectivity index (χ3v) is 5.06. The fourth-order valence-corrected chi connectivity index (χ4v) is 3.69. The van der Waals surface area contributed by atoms with Gasteiger partial charge in [-0.2, -0.15) is 0 Å². The molecule has 1 fully saturated rings. The van der Waals surface area contributed by atoms with Gasteiger partial charge < -0.3 is 19.5 Å². The SMILES string of the molecule is COC(=O)[C@@H]1C[C@@H](C)[C@@H](CN[C@@H](C(=O)OC(C)(C)C)C(C)(C)C)N1C(=O)OC(C)(C)C. The quantitative estimate of drug-likeness (QED) is 0.514. The molecule has 0 aromatic rings. The van der Waals surface area contributed by atoms with Crippen LogP contribution in [-0.4, -0.2) is 65.9 Å². The molecule has 180 valence electrons. The molecule has 8 nitrogen and oxygen atoms in total. The van der Waals surface area contributed by atoms with E-state index >= 15 is 0 Å². The first kappa shape index (κ1) is 27.2. The minimum atomic E-state index is -0.726. The first-order chi connectivity index (χ1) is 13.9. The van der Waals surface area contributed by atoms with Crippen molar-refractivity contribution in [2.24, 2.45) is 11.3 Å². The van der Waals surface area contributed by atoms with Gasteiger partial charge in [-0.25, -0.2) is 9.59 Å². The van der Waals surface area contributed by atoms with Crippen molar-refractivity contribution in [1.29, 1.82) is 0 Å². The summed E-state index contributed by atoms with van der Waals surface area (Å²) in [6, 6.07) is -1.65. The molecule has 0 aromatic heterocycles. The third-order valence-electron chi connectivity index (χ3n) is 5.06. The number of nitrogens with zero attached hydrogens (tertiary/aromatic N) is 1. The molecule has 0 radical (unpaired) electrons. The van der Waals surface area contributed by atoms with E-state index in [4.69, 9.17) is 14.2 Å². The van der Waals surface area contributed by atoms with Crippen LogP contribution in [0.5, 0.6) is 0 Å². The van der Waals surface area contributed by atoms with Crippen molar-refractivity contribution in [3.05, 3.63) is 0 Å². The molecule has 8 heteroatoms. The molecule has 31 heavy (non-hydrogen) atoms. The molecule has 1 amide bonds. The number of methoxy groups -OCH3 is 1. The second-order valence-electron chi connectivity index (χ2n) is 11.4. The highest BCUT2D eigenvalue weighted by molar-refractivity contribution is 5.82. The van der Waals surface area contributed by atoms with E-state index in [1.54, 1.807) is 20.8 Å². The molecule has 1 saturated heterocycles. The lowest BCUT2D eigenvalue weighted by atomic mass is 9.86. The highest BCUT2D eigenvalue weighted by Gasteiger charge is 2.48. The van der Waals surface area contributed by atoms with Crippen LogP contribution in [0.4, 0.5) is 4.79 Å². The number of carbonyl (C=O) groups excluding carboxylic acids is 3. The number of esters is 2. The van der Waals surface area contributed by atoms with Crippen molar-refractivity contribution in [2.45, 2.75) is 105 Å². The number of ether oxygens (including phenoxy) is 3. The Morgan fingerprint density at radius 2 is 1.48 bits per heavy atom. The van der Waals surface area contributed by atoms with Crippen molar-refractivity contribution >= 4 is 18.0 Å². The van der Waals surface area contributed by atoms with Gasteiger partial charge >= 0.3 is 18.0 Å². The molecule has 0 unspecified atom stereocenters. The van der Waals surface area contributed by atoms with Gasteiger partial charge in [0.05, 0.1) is 13.2 Å². The maximum absolute atomic E-state index is 13.0. The first-order valence-electron chi connectivity index (χ1n) is 10.9. The first-order valence-corrected chi connectivity index (χ1v) is 10.9. The number of rotatable bonds is 5. The Labute approximate surface area is 187 Å². The van der Waals surface area contributed by atoms with Crippen LogP contribution in [0.2, 0.25) is 0 Å². The summed E-state index contributed by atoms with van der Waals surface area (Å²) in [6.07, 6.45) is -0.103. The Hall–Kier alpha value is -1.83. The van der Waals surface area contributed by atoms with Gasteiger partial charge in [0.2, 0.25) is 0 Å². The van der Waals surface area contributed by atoms with E-state index in [0.29, 0.717) is 13.0 Å². The highest BCUT2D eigenvalue weighted by atomic mass is 16.6. The van der Waals surface area contributed by atoms with Crippen molar-refractivity contribution in [1.82, 2.24) is 10.2 Å². The van der Waals surface area contributed by atoms with Crippen molar-refractivity contribution in [3.8, 4) is 0 Å². The zero-order valence-electron chi connectivity index (χ0n) is 21.1. The molecule has 0 spiro atoms. The second kappa shape index (κ2) is 9.76. The zero-order chi connectivity index (χ0) is 24.4. The fraction of sp³-hybridized carbons (Fsp3) is 0.870. The molecule has 1 rings (SSSR count). The Balaban J connectivity index is 3.12. The van der Waals surface area contributed by atoms with Crippen LogP contribution in [0.15, 0.2) is 0 Å². The summed E-state index contributed by atoms with van der Waals surface area (Å²) in [4.78, 5) is 39.7. The molecule has 1 aliphatic rings. The zero-order valence-corrected chi connectivity index (χ0v) is 21.1. The van der Waals surface area contributed by atoms with E-state index in [0.717, 1.165) is 0 Å². The highest BCUT2D eigenvalue weighted by Crippen LogP contribution is 2.32. The molecule has 0 bridgehead atoms. The van der Waals surface area contributed by atoms with E-state index in [9.17, 15) is 14.4 Å². The van der Waals surface area contributed by atoms with Crippen molar-refractivity contribution in [2.75, 3.05) is 13.7 Å². The molecule has 0 saturated carbocycles. The average molecular weight is 443 g/mol. The Kier molecular flexibility index (Phi) is 8.56. The summed E-state index contributed by atoms with van der Waals surface area (Å²) in [5.74, 6) is -0.818. The lowest BCUT2D eigenvalue weighted by Crippen LogP contribution is -2.55. The molecule has 0 aliphatic carbocycles. The summed E-state index contributed by atoms with van der Waals surface area (Å²) in [5.41, 5.74) is -1.73. The summed E-state index contributed by atoms with van der Waals surface area (Å²) >= 11 is 0. The van der Waals surface area contributed by atoms with Crippen LogP contribution in [0.3, 0.4) is 0 Å². The van der Waals surface area contributed by atoms with Gasteiger partial charge in [0.15, 0.2) is 0 Å². The topological polar surface area (TPSA) is 94.2 Å². The Morgan fingerprint density at radius 3 is 1.90 bits per heavy atom. The maximum atomic E-state index is 13.0. The molecule has 4 atom stereocenters. The van der Waals surface area contributed by atoms with Crippen molar-refractivity contribution in [3.63, 3.8) is 0 Å². The number of likely N-dealkylation sites (tertiary alicyclic amines) is 1. The molecule has 0 aromatic carbocycles. The predicted molar refractivity (Wildman–Crippen MR) is 119 cm³/mol. The van der Waals surface area contributed by atoms with Gasteiger partial charge in [-0.1, -0.05) is 27.7 Å². The molecule has 1 heterocycles. The number of nitrogens with one attached hydrogen (secondary N) is 1. The monoisotopic (exact) mass is 442 g/mol. The van der Waals surface area contributed by atoms with Crippen LogP contribution >= 0.6 is 0 Å². The van der Waals surface area contributed by atoms with Gasteiger partial charge in [0, 0.05) is 6.54 Å². The summed E-state index contributed by atoms with van der Waals surface area (Å²) in [6.45, 7) is 19.0. The molecular formula is C23H42N2O6. The molecule has 1 N–H and O–H groups in total. The second-order valence-corrected chi connectivity index (χ2v) is 11.4. The van der Waals surface area contributed by atoms with Gasteiger partial charge in [-0.15, -0.1) is 0 Å². The van der Waals surface area contributed by atoms with Gasteiger partial charge in [0.25, 0.3) is 0 Å². The number of hydrogen-bond acceptors (Lipinski definition) is 7. The summed E-state index contributed by atoms with van der Waals surface area (Å²) in [7, 11) is 1.31. The number of carbonyl (C=O) groups is 3. The summed E-state index contributed by atoms with van der Waals surface area (Å²) < 4.78 is 16.1. The maximum Gasteiger partial charge on any atom is 0.411 e. The van der Waals surface area contributed by atoms with Crippen LogP contribution in [-0.2, 0) is 23.8 Å². The third kappa shape index (κ3) is 7.98. The van der Waals surface area contributed by atoms with Crippen LogP contribution < -0.4 is 5.32 Å². The normalized spacial score (nSPS) is 23.3. The Bertz CT molecular complexity index is 656. The predicted octanol–water partition coefficient (Wildman–Crippen LogP) is 3.52. The van der Waals surface area contributed by atoms with Gasteiger partial charge in [0.1, 0.15) is 23.3 Å². The van der Waals surface area contributed by atoms with Crippen LogP contribution in [0.25, 0.3) is 0 Å².